The maximum atomic E-state index is 13.3. The Morgan fingerprint density at radius 1 is 0.926 bits per heavy atom. The molecule has 1 heterocycles. The molecule has 4 rings (SSSR count). The van der Waals surface area contributed by atoms with Crippen molar-refractivity contribution in [3.8, 4) is 0 Å². The molecule has 1 N–H and O–H groups in total. The molecule has 0 spiro atoms. The minimum atomic E-state index is -0.273. The highest BCUT2D eigenvalue weighted by Gasteiger charge is 2.33. The molecule has 0 fully saturated rings. The predicted molar refractivity (Wildman–Crippen MR) is 115 cm³/mol. The Hall–Kier alpha value is -2.79. The maximum absolute atomic E-state index is 13.3. The van der Waals surface area contributed by atoms with E-state index >= 15 is 0 Å². The number of rotatable bonds is 3. The lowest BCUT2D eigenvalue weighted by Gasteiger charge is -2.38. The van der Waals surface area contributed by atoms with E-state index in [9.17, 15) is 4.79 Å². The minimum absolute atomic E-state index is 0.00615. The molecule has 0 aliphatic carbocycles. The first-order chi connectivity index (χ1) is 13.0. The highest BCUT2D eigenvalue weighted by Crippen LogP contribution is 2.37. The lowest BCUT2D eigenvalue weighted by atomic mass is 10.0. The molecule has 5 heteroatoms. The third-order valence-corrected chi connectivity index (χ3v) is 5.29. The zero-order valence-corrected chi connectivity index (χ0v) is 16.8. The molecule has 1 aliphatic heterocycles. The Balaban J connectivity index is 1.81. The first-order valence-electron chi connectivity index (χ1n) is 8.76. The van der Waals surface area contributed by atoms with Gasteiger partial charge in [-0.05, 0) is 54.1 Å². The van der Waals surface area contributed by atoms with Crippen molar-refractivity contribution in [2.45, 2.75) is 6.17 Å². The van der Waals surface area contributed by atoms with Crippen LogP contribution in [0.2, 0.25) is 0 Å². The van der Waals surface area contributed by atoms with Crippen molar-refractivity contribution >= 4 is 38.9 Å². The number of anilines is 3. The van der Waals surface area contributed by atoms with Crippen LogP contribution in [-0.2, 0) is 0 Å². The topological polar surface area (TPSA) is 35.6 Å². The highest BCUT2D eigenvalue weighted by molar-refractivity contribution is 9.10. The number of benzene rings is 3. The number of carbonyl (C=O) groups is 1. The Bertz CT molecular complexity index is 968. The van der Waals surface area contributed by atoms with Gasteiger partial charge in [-0.1, -0.05) is 40.2 Å². The first kappa shape index (κ1) is 17.6. The van der Waals surface area contributed by atoms with Gasteiger partial charge >= 0.3 is 0 Å². The summed E-state index contributed by atoms with van der Waals surface area (Å²) in [6.07, 6.45) is -0.273. The summed E-state index contributed by atoms with van der Waals surface area (Å²) in [5, 5.41) is 3.54. The summed E-state index contributed by atoms with van der Waals surface area (Å²) < 4.78 is 0.982. The van der Waals surface area contributed by atoms with Crippen molar-refractivity contribution < 1.29 is 4.79 Å². The van der Waals surface area contributed by atoms with E-state index in [4.69, 9.17) is 0 Å². The van der Waals surface area contributed by atoms with Gasteiger partial charge in [0, 0.05) is 35.6 Å². The molecule has 3 aromatic rings. The maximum Gasteiger partial charge on any atom is 0.262 e. The molecular formula is C22H20BrN3O. The molecule has 1 amide bonds. The average Bonchev–Trinajstić information content (AvgIpc) is 2.69. The fourth-order valence-electron chi connectivity index (χ4n) is 3.31. The number of carbonyl (C=O) groups excluding carboxylic acids is 1. The van der Waals surface area contributed by atoms with E-state index in [0.717, 1.165) is 27.1 Å². The largest absolute Gasteiger partial charge is 0.378 e. The second kappa shape index (κ2) is 7.08. The van der Waals surface area contributed by atoms with Gasteiger partial charge in [-0.15, -0.1) is 0 Å². The molecule has 4 nitrogen and oxygen atoms in total. The lowest BCUT2D eigenvalue weighted by molar-refractivity contribution is 0.0975. The number of hydrogen-bond donors (Lipinski definition) is 1. The zero-order chi connectivity index (χ0) is 19.0. The molecule has 3 aromatic carbocycles. The van der Waals surface area contributed by atoms with E-state index in [1.165, 1.54) is 0 Å². The molecule has 1 atom stereocenters. The number of nitrogens with one attached hydrogen (secondary N) is 1. The molecule has 0 aromatic heterocycles. The number of halogens is 1. The number of para-hydroxylation sites is 1. The predicted octanol–water partition coefficient (Wildman–Crippen LogP) is 5.29. The molecule has 136 valence electrons. The quantitative estimate of drug-likeness (QED) is 0.624. The molecule has 0 saturated carbocycles. The van der Waals surface area contributed by atoms with Crippen LogP contribution in [-0.4, -0.2) is 20.0 Å². The second-order valence-corrected chi connectivity index (χ2v) is 7.65. The summed E-state index contributed by atoms with van der Waals surface area (Å²) in [6, 6.07) is 23.8. The third-order valence-electron chi connectivity index (χ3n) is 4.76. The van der Waals surface area contributed by atoms with E-state index in [1.807, 2.05) is 67.5 Å². The van der Waals surface area contributed by atoms with Crippen LogP contribution in [0.1, 0.15) is 22.1 Å². The van der Waals surface area contributed by atoms with E-state index in [1.54, 1.807) is 0 Å². The smallest absolute Gasteiger partial charge is 0.262 e. The van der Waals surface area contributed by atoms with Crippen molar-refractivity contribution in [2.24, 2.45) is 0 Å². The van der Waals surface area contributed by atoms with Crippen LogP contribution in [0.4, 0.5) is 17.1 Å². The van der Waals surface area contributed by atoms with Gasteiger partial charge < -0.3 is 10.2 Å². The van der Waals surface area contributed by atoms with E-state index in [2.05, 4.69) is 50.4 Å². The van der Waals surface area contributed by atoms with E-state index in [0.29, 0.717) is 5.56 Å². The van der Waals surface area contributed by atoms with Crippen molar-refractivity contribution in [3.63, 3.8) is 0 Å². The fraction of sp³-hybridized carbons (Fsp3) is 0.136. The van der Waals surface area contributed by atoms with Gasteiger partial charge in [0.1, 0.15) is 6.17 Å². The molecule has 0 bridgehead atoms. The average molecular weight is 422 g/mol. The molecule has 0 saturated heterocycles. The third kappa shape index (κ3) is 3.30. The number of fused-ring (bicyclic) bond motifs is 1. The summed E-state index contributed by atoms with van der Waals surface area (Å²) >= 11 is 3.47. The van der Waals surface area contributed by atoms with Gasteiger partial charge in [0.15, 0.2) is 0 Å². The van der Waals surface area contributed by atoms with Crippen LogP contribution < -0.4 is 15.1 Å². The Morgan fingerprint density at radius 3 is 2.26 bits per heavy atom. The molecule has 1 aliphatic rings. The minimum Gasteiger partial charge on any atom is -0.378 e. The van der Waals surface area contributed by atoms with Crippen molar-refractivity contribution in [1.29, 1.82) is 0 Å². The van der Waals surface area contributed by atoms with Gasteiger partial charge in [0.25, 0.3) is 5.91 Å². The summed E-state index contributed by atoms with van der Waals surface area (Å²) in [4.78, 5) is 17.2. The van der Waals surface area contributed by atoms with Crippen LogP contribution in [0.3, 0.4) is 0 Å². The normalized spacial score (nSPS) is 15.9. The monoisotopic (exact) mass is 421 g/mol. The van der Waals surface area contributed by atoms with Crippen LogP contribution in [0.15, 0.2) is 77.3 Å². The summed E-state index contributed by atoms with van der Waals surface area (Å²) in [6.45, 7) is 0. The Labute approximate surface area is 167 Å². The Kier molecular flexibility index (Phi) is 4.62. The van der Waals surface area contributed by atoms with E-state index < -0.39 is 0 Å². The lowest BCUT2D eigenvalue weighted by Crippen LogP contribution is -2.43. The van der Waals surface area contributed by atoms with Gasteiger partial charge in [-0.2, -0.15) is 0 Å². The second-order valence-electron chi connectivity index (χ2n) is 6.73. The van der Waals surface area contributed by atoms with Crippen molar-refractivity contribution in [3.05, 3.63) is 88.4 Å². The van der Waals surface area contributed by atoms with Crippen LogP contribution in [0, 0.1) is 0 Å². The Morgan fingerprint density at radius 2 is 1.59 bits per heavy atom. The fourth-order valence-corrected chi connectivity index (χ4v) is 3.57. The summed E-state index contributed by atoms with van der Waals surface area (Å²) in [7, 11) is 4.03. The molecule has 0 radical (unpaired) electrons. The van der Waals surface area contributed by atoms with Gasteiger partial charge in [0.05, 0.1) is 5.56 Å². The summed E-state index contributed by atoms with van der Waals surface area (Å²) in [5.74, 6) is -0.00615. The number of hydrogen-bond acceptors (Lipinski definition) is 3. The van der Waals surface area contributed by atoms with Gasteiger partial charge in [-0.25, -0.2) is 0 Å². The van der Waals surface area contributed by atoms with Crippen molar-refractivity contribution in [1.82, 2.24) is 0 Å². The zero-order valence-electron chi connectivity index (χ0n) is 15.2. The van der Waals surface area contributed by atoms with Crippen LogP contribution >= 0.6 is 15.9 Å². The van der Waals surface area contributed by atoms with Crippen LogP contribution in [0.5, 0.6) is 0 Å². The molecular weight excluding hydrogens is 402 g/mol. The standard InChI is InChI=1S/C22H20BrN3O/c1-25(2)17-11-7-15(8-12-17)21-24-20-6-4-3-5-19(20)22(27)26(21)18-13-9-16(23)10-14-18/h3-14,21,24H,1-2H3/t21-/m1/s1. The molecule has 27 heavy (non-hydrogen) atoms. The number of nitrogens with zero attached hydrogens (tertiary/aromatic N) is 2. The molecule has 0 unspecified atom stereocenters. The van der Waals surface area contributed by atoms with Gasteiger partial charge in [-0.3, -0.25) is 9.69 Å². The van der Waals surface area contributed by atoms with Gasteiger partial charge in [0.2, 0.25) is 0 Å². The van der Waals surface area contributed by atoms with Crippen LogP contribution in [0.25, 0.3) is 0 Å². The highest BCUT2D eigenvalue weighted by atomic mass is 79.9. The first-order valence-corrected chi connectivity index (χ1v) is 9.56. The SMILES string of the molecule is CN(C)c1ccc([C@@H]2Nc3ccccc3C(=O)N2c2ccc(Br)cc2)cc1. The number of amides is 1. The summed E-state index contributed by atoms with van der Waals surface area (Å²) in [5.41, 5.74) is 4.55. The van der Waals surface area contributed by atoms with Crippen molar-refractivity contribution in [2.75, 3.05) is 29.2 Å². The van der Waals surface area contributed by atoms with E-state index in [-0.39, 0.29) is 12.1 Å².